The molecule has 0 radical (unpaired) electrons. The molecule has 3 rings (SSSR count). The highest BCUT2D eigenvalue weighted by Crippen LogP contribution is 2.27. The van der Waals surface area contributed by atoms with Crippen molar-refractivity contribution in [2.24, 2.45) is 0 Å². The van der Waals surface area contributed by atoms with Gasteiger partial charge < -0.3 is 14.5 Å². The number of amides is 1. The van der Waals surface area contributed by atoms with Crippen LogP contribution >= 0.6 is 0 Å². The summed E-state index contributed by atoms with van der Waals surface area (Å²) in [5, 5.41) is 3.80. The Morgan fingerprint density at radius 2 is 1.91 bits per heavy atom. The van der Waals surface area contributed by atoms with Gasteiger partial charge in [0, 0.05) is 23.7 Å². The van der Waals surface area contributed by atoms with E-state index in [0.29, 0.717) is 18.0 Å². The molecule has 1 N–H and O–H groups in total. The Balaban J connectivity index is 1.96. The van der Waals surface area contributed by atoms with Crippen molar-refractivity contribution in [2.75, 3.05) is 12.4 Å². The number of nitrogens with one attached hydrogen (secondary N) is 1. The van der Waals surface area contributed by atoms with Gasteiger partial charge in [-0.3, -0.25) is 4.79 Å². The van der Waals surface area contributed by atoms with Gasteiger partial charge in [0.15, 0.2) is 5.76 Å². The van der Waals surface area contributed by atoms with E-state index in [9.17, 15) is 4.79 Å². The molecule has 0 aliphatic carbocycles. The lowest BCUT2D eigenvalue weighted by atomic mass is 10.1. The van der Waals surface area contributed by atoms with Crippen LogP contribution in [0.25, 0.3) is 11.0 Å². The van der Waals surface area contributed by atoms with E-state index in [4.69, 9.17) is 9.15 Å². The van der Waals surface area contributed by atoms with Gasteiger partial charge >= 0.3 is 0 Å². The van der Waals surface area contributed by atoms with E-state index in [1.165, 1.54) is 5.56 Å². The molecule has 0 saturated heterocycles. The summed E-state index contributed by atoms with van der Waals surface area (Å²) in [7, 11) is 1.60. The first-order valence-corrected chi connectivity index (χ1v) is 7.48. The molecule has 0 aliphatic heterocycles. The molecular weight excluding hydrogens is 290 g/mol. The molecule has 0 bridgehead atoms. The number of fused-ring (bicyclic) bond motifs is 1. The monoisotopic (exact) mass is 309 g/mol. The van der Waals surface area contributed by atoms with Crippen LogP contribution < -0.4 is 5.32 Å². The number of hydrogen-bond acceptors (Lipinski definition) is 3. The number of carbonyl (C=O) groups excluding carboxylic acids is 1. The third-order valence-corrected chi connectivity index (χ3v) is 3.96. The Kier molecular flexibility index (Phi) is 4.17. The Morgan fingerprint density at radius 1 is 1.13 bits per heavy atom. The zero-order chi connectivity index (χ0) is 16.4. The molecule has 2 aromatic carbocycles. The first-order valence-electron chi connectivity index (χ1n) is 7.48. The smallest absolute Gasteiger partial charge is 0.291 e. The normalized spacial score (nSPS) is 10.9. The lowest BCUT2D eigenvalue weighted by Gasteiger charge is -2.07. The number of aryl methyl sites for hydroxylation is 2. The molecule has 0 spiro atoms. The second-order valence-electron chi connectivity index (χ2n) is 5.59. The van der Waals surface area contributed by atoms with Crippen molar-refractivity contribution >= 4 is 22.6 Å². The molecule has 118 valence electrons. The topological polar surface area (TPSA) is 51.5 Å². The average molecular weight is 309 g/mol. The van der Waals surface area contributed by atoms with Crippen molar-refractivity contribution in [2.45, 2.75) is 20.5 Å². The number of anilines is 1. The summed E-state index contributed by atoms with van der Waals surface area (Å²) in [6.07, 6.45) is 0. The number of carbonyl (C=O) groups is 1. The first-order chi connectivity index (χ1) is 11.1. The number of ether oxygens (including phenoxy) is 1. The predicted molar refractivity (Wildman–Crippen MR) is 90.8 cm³/mol. The van der Waals surface area contributed by atoms with E-state index in [1.807, 2.05) is 56.3 Å². The molecule has 3 aromatic rings. The van der Waals surface area contributed by atoms with Gasteiger partial charge in [0.1, 0.15) is 5.58 Å². The van der Waals surface area contributed by atoms with Gasteiger partial charge in [-0.05, 0) is 43.2 Å². The van der Waals surface area contributed by atoms with E-state index < -0.39 is 0 Å². The fourth-order valence-corrected chi connectivity index (χ4v) is 2.58. The second-order valence-corrected chi connectivity index (χ2v) is 5.59. The minimum atomic E-state index is -0.267. The molecule has 0 saturated carbocycles. The van der Waals surface area contributed by atoms with Crippen molar-refractivity contribution in [1.82, 2.24) is 0 Å². The lowest BCUT2D eigenvalue weighted by molar-refractivity contribution is 0.0992. The largest absolute Gasteiger partial charge is 0.451 e. The maximum Gasteiger partial charge on any atom is 0.291 e. The van der Waals surface area contributed by atoms with Gasteiger partial charge in [-0.2, -0.15) is 0 Å². The lowest BCUT2D eigenvalue weighted by Crippen LogP contribution is -2.13. The van der Waals surface area contributed by atoms with Crippen molar-refractivity contribution in [3.8, 4) is 0 Å². The third-order valence-electron chi connectivity index (χ3n) is 3.96. The average Bonchev–Trinajstić information content (AvgIpc) is 2.90. The number of para-hydroxylation sites is 1. The number of methoxy groups -OCH3 is 1. The Morgan fingerprint density at radius 3 is 2.65 bits per heavy atom. The number of benzene rings is 2. The summed E-state index contributed by atoms with van der Waals surface area (Å²) < 4.78 is 11.0. The molecule has 0 atom stereocenters. The molecular formula is C19H19NO3. The van der Waals surface area contributed by atoms with Crippen LogP contribution in [-0.4, -0.2) is 13.0 Å². The minimum Gasteiger partial charge on any atom is -0.451 e. The van der Waals surface area contributed by atoms with Crippen LogP contribution in [0.2, 0.25) is 0 Å². The van der Waals surface area contributed by atoms with Gasteiger partial charge in [0.25, 0.3) is 5.91 Å². The summed E-state index contributed by atoms with van der Waals surface area (Å²) >= 11 is 0. The van der Waals surface area contributed by atoms with Crippen LogP contribution in [-0.2, 0) is 11.3 Å². The van der Waals surface area contributed by atoms with E-state index >= 15 is 0 Å². The fourth-order valence-electron chi connectivity index (χ4n) is 2.58. The van der Waals surface area contributed by atoms with Crippen LogP contribution in [0.4, 0.5) is 5.69 Å². The number of furan rings is 1. The van der Waals surface area contributed by atoms with E-state index in [-0.39, 0.29) is 5.91 Å². The molecule has 0 aliphatic rings. The number of hydrogen-bond donors (Lipinski definition) is 1. The van der Waals surface area contributed by atoms with Crippen LogP contribution in [0, 0.1) is 13.8 Å². The Hall–Kier alpha value is -2.59. The molecule has 1 aromatic heterocycles. The predicted octanol–water partition coefficient (Wildman–Crippen LogP) is 4.45. The Bertz CT molecular complexity index is 864. The quantitative estimate of drug-likeness (QED) is 0.774. The summed E-state index contributed by atoms with van der Waals surface area (Å²) in [6.45, 7) is 4.38. The first kappa shape index (κ1) is 15.3. The van der Waals surface area contributed by atoms with Gasteiger partial charge in [0.05, 0.1) is 6.61 Å². The Labute approximate surface area is 135 Å². The van der Waals surface area contributed by atoms with E-state index in [0.717, 1.165) is 22.2 Å². The molecule has 4 nitrogen and oxygen atoms in total. The van der Waals surface area contributed by atoms with Crippen molar-refractivity contribution in [1.29, 1.82) is 0 Å². The standard InChI is InChI=1S/C19H19NO3/c1-12-8-9-14(10-13(12)2)20-19(21)18-16(11-22-3)15-6-4-5-7-17(15)23-18/h4-10H,11H2,1-3H3,(H,20,21). The zero-order valence-electron chi connectivity index (χ0n) is 13.5. The fraction of sp³-hybridized carbons (Fsp3) is 0.211. The molecule has 0 unspecified atom stereocenters. The molecule has 1 amide bonds. The maximum absolute atomic E-state index is 12.6. The summed E-state index contributed by atoms with van der Waals surface area (Å²) in [6, 6.07) is 13.4. The van der Waals surface area contributed by atoms with Crippen LogP contribution in [0.3, 0.4) is 0 Å². The highest BCUT2D eigenvalue weighted by atomic mass is 16.5. The van der Waals surface area contributed by atoms with Crippen LogP contribution in [0.5, 0.6) is 0 Å². The molecule has 23 heavy (non-hydrogen) atoms. The minimum absolute atomic E-state index is 0.267. The van der Waals surface area contributed by atoms with Gasteiger partial charge in [-0.15, -0.1) is 0 Å². The van der Waals surface area contributed by atoms with Gasteiger partial charge in [0.2, 0.25) is 0 Å². The highest BCUT2D eigenvalue weighted by Gasteiger charge is 2.20. The highest BCUT2D eigenvalue weighted by molar-refractivity contribution is 6.06. The summed E-state index contributed by atoms with van der Waals surface area (Å²) in [5.41, 5.74) is 4.52. The molecule has 0 fully saturated rings. The molecule has 1 heterocycles. The summed E-state index contributed by atoms with van der Waals surface area (Å²) in [5.74, 6) is 0.0304. The van der Waals surface area contributed by atoms with Crippen molar-refractivity contribution < 1.29 is 13.9 Å². The molecule has 4 heteroatoms. The SMILES string of the molecule is COCc1c(C(=O)Nc2ccc(C)c(C)c2)oc2ccccc12. The zero-order valence-corrected chi connectivity index (χ0v) is 13.5. The van der Waals surface area contributed by atoms with Crippen molar-refractivity contribution in [3.05, 3.63) is 64.9 Å². The van der Waals surface area contributed by atoms with Gasteiger partial charge in [-0.25, -0.2) is 0 Å². The van der Waals surface area contributed by atoms with E-state index in [2.05, 4.69) is 5.32 Å². The maximum atomic E-state index is 12.6. The van der Waals surface area contributed by atoms with Crippen LogP contribution in [0.15, 0.2) is 46.9 Å². The van der Waals surface area contributed by atoms with Crippen LogP contribution in [0.1, 0.15) is 27.2 Å². The number of rotatable bonds is 4. The second kappa shape index (κ2) is 6.26. The third kappa shape index (κ3) is 2.98. The summed E-state index contributed by atoms with van der Waals surface area (Å²) in [4.78, 5) is 12.6. The van der Waals surface area contributed by atoms with Crippen molar-refractivity contribution in [3.63, 3.8) is 0 Å². The van der Waals surface area contributed by atoms with Gasteiger partial charge in [-0.1, -0.05) is 24.3 Å². The van der Waals surface area contributed by atoms with E-state index in [1.54, 1.807) is 7.11 Å².